The van der Waals surface area contributed by atoms with Crippen molar-refractivity contribution in [2.45, 2.75) is 55.3 Å². The van der Waals surface area contributed by atoms with Gasteiger partial charge in [0, 0.05) is 24.8 Å². The summed E-state index contributed by atoms with van der Waals surface area (Å²) in [6.07, 6.45) is -11.3. The molecule has 0 spiro atoms. The van der Waals surface area contributed by atoms with Crippen LogP contribution in [-0.4, -0.2) is 155 Å². The van der Waals surface area contributed by atoms with Crippen LogP contribution in [0.1, 0.15) is 38.5 Å². The van der Waals surface area contributed by atoms with E-state index in [-0.39, 0.29) is 129 Å². The Kier molecular flexibility index (Phi) is 58.8. The van der Waals surface area contributed by atoms with Gasteiger partial charge in [-0.25, -0.2) is 14.4 Å². The number of rotatable bonds is 15. The van der Waals surface area contributed by atoms with E-state index >= 15 is 0 Å². The normalized spacial score (nSPS) is 8.89. The fraction of sp³-hybridized carbons (Fsp3) is 0.450. The molecule has 0 aliphatic heterocycles. The molecule has 286 valence electrons. The van der Waals surface area contributed by atoms with Crippen LogP contribution in [0.5, 0.6) is 0 Å². The predicted octanol–water partition coefficient (Wildman–Crippen LogP) is -22.3. The monoisotopic (exact) mass is 824 g/mol. The van der Waals surface area contributed by atoms with E-state index in [1.807, 2.05) is 0 Å². The molecule has 0 radical (unpaired) electrons. The molecule has 0 heterocycles. The Balaban J connectivity index is -0.0000000477. The summed E-state index contributed by atoms with van der Waals surface area (Å²) in [5.41, 5.74) is -8.34. The Bertz CT molecular complexity index is 995. The maximum Gasteiger partial charge on any atom is 1.00 e. The van der Waals surface area contributed by atoms with Crippen LogP contribution in [0.4, 0.5) is 9.59 Å². The second-order valence-electron chi connectivity index (χ2n) is 7.92. The van der Waals surface area contributed by atoms with Crippen LogP contribution in [0.15, 0.2) is 0 Å². The van der Waals surface area contributed by atoms with Crippen LogP contribution >= 0.6 is 0 Å². The zero-order valence-corrected chi connectivity index (χ0v) is 35.7. The number of carboxylic acids is 9. The first-order valence-electron chi connectivity index (χ1n) is 10.7. The van der Waals surface area contributed by atoms with Gasteiger partial charge in [-0.3, -0.25) is 19.2 Å². The van der Waals surface area contributed by atoms with Crippen molar-refractivity contribution in [2.75, 3.05) is 0 Å². The van der Waals surface area contributed by atoms with Crippen LogP contribution in [0.25, 0.3) is 0 Å². The van der Waals surface area contributed by atoms with Crippen molar-refractivity contribution in [3.8, 4) is 0 Å². The number of hydrogen-bond donors (Lipinski definition) is 12. The third kappa shape index (κ3) is 54.0. The largest absolute Gasteiger partial charge is 1.00 e. The Morgan fingerprint density at radius 3 is 0.528 bits per heavy atom. The quantitative estimate of drug-likeness (QED) is 0.0682. The summed E-state index contributed by atoms with van der Waals surface area (Å²) < 4.78 is 0. The van der Waals surface area contributed by atoms with E-state index in [2.05, 4.69) is 0 Å². The van der Waals surface area contributed by atoms with E-state index in [0.29, 0.717) is 0 Å². The molecule has 0 saturated heterocycles. The topological polar surface area (TPSA) is 586 Å². The van der Waals surface area contributed by atoms with Crippen molar-refractivity contribution >= 4 is 66.0 Å². The van der Waals surface area contributed by atoms with Crippen molar-refractivity contribution in [1.29, 1.82) is 0 Å². The van der Waals surface area contributed by atoms with Gasteiger partial charge in [0.15, 0.2) is 16.8 Å². The van der Waals surface area contributed by atoms with Gasteiger partial charge in [-0.05, 0) is 0 Å². The third-order valence-corrected chi connectivity index (χ3v) is 3.84. The zero-order chi connectivity index (χ0) is 39.1. The summed E-state index contributed by atoms with van der Waals surface area (Å²) in [6, 6.07) is 0. The molecular formula is C20H28Na4O29. The molecule has 0 atom stereocenters. The van der Waals surface area contributed by atoms with E-state index in [0.717, 1.165) is 0 Å². The van der Waals surface area contributed by atoms with Gasteiger partial charge in [-0.15, -0.1) is 0 Å². The smallest absolute Gasteiger partial charge is 0.565 e. The Morgan fingerprint density at radius 2 is 0.453 bits per heavy atom. The fourth-order valence-electron chi connectivity index (χ4n) is 2.12. The summed E-state index contributed by atoms with van der Waals surface area (Å²) in [6.45, 7) is 0. The second-order valence-corrected chi connectivity index (χ2v) is 7.92. The molecular weight excluding hydrogens is 796 g/mol. The molecule has 29 nitrogen and oxygen atoms in total. The van der Waals surface area contributed by atoms with Gasteiger partial charge in [-0.2, -0.15) is 0 Å². The average molecular weight is 824 g/mol. The number of carbonyl (C=O) groups excluding carboxylic acids is 2. The molecule has 0 aromatic carbocycles. The summed E-state index contributed by atoms with van der Waals surface area (Å²) in [4.78, 5) is 108. The fourth-order valence-corrected chi connectivity index (χ4v) is 2.12. The second kappa shape index (κ2) is 39.3. The maximum absolute atomic E-state index is 10.3. The predicted molar refractivity (Wildman–Crippen MR) is 129 cm³/mol. The van der Waals surface area contributed by atoms with Crippen molar-refractivity contribution in [3.63, 3.8) is 0 Å². The first kappa shape index (κ1) is 79.4. The van der Waals surface area contributed by atoms with Gasteiger partial charge < -0.3 is 112 Å². The Hall–Kier alpha value is -2.43. The SMILES string of the molecule is O.O.O=C(O)CC(O)(CC(=O)O)C(=O)O.O=C(O)CC(O)(CC(=O)O)C(=O)O.O=C([O-])CC(O)(CC(=O)[O-])C(=O)O.O=C([O-])O.O=C([O-])O.[Na+].[Na+].[Na+].[Na+]. The molecule has 53 heavy (non-hydrogen) atoms. The number of aliphatic hydroxyl groups is 3. The minimum Gasteiger partial charge on any atom is -0.565 e. The molecule has 0 fully saturated rings. The van der Waals surface area contributed by atoms with Crippen LogP contribution in [0, 0.1) is 0 Å². The average Bonchev–Trinajstić information content (AvgIpc) is 2.75. The molecule has 0 amide bonds. The zero-order valence-electron chi connectivity index (χ0n) is 27.7. The number of carbonyl (C=O) groups is 11. The molecule has 16 N–H and O–H groups in total. The Morgan fingerprint density at radius 1 is 0.340 bits per heavy atom. The van der Waals surface area contributed by atoms with Crippen LogP contribution < -0.4 is 139 Å². The van der Waals surface area contributed by atoms with Gasteiger partial charge in [0.1, 0.15) is 0 Å². The molecule has 0 bridgehead atoms. The Labute approximate surface area is 381 Å². The molecule has 0 aromatic heterocycles. The molecule has 0 unspecified atom stereocenters. The minimum atomic E-state index is -2.86. The summed E-state index contributed by atoms with van der Waals surface area (Å²) >= 11 is 0. The maximum atomic E-state index is 10.3. The van der Waals surface area contributed by atoms with Crippen molar-refractivity contribution < 1.29 is 264 Å². The van der Waals surface area contributed by atoms with E-state index < -0.39 is 121 Å². The van der Waals surface area contributed by atoms with Gasteiger partial charge in [-0.1, -0.05) is 0 Å². The summed E-state index contributed by atoms with van der Waals surface area (Å²) in [7, 11) is 0. The number of aliphatic carboxylic acids is 9. The molecule has 0 aliphatic rings. The van der Waals surface area contributed by atoms with Crippen molar-refractivity contribution in [2.24, 2.45) is 0 Å². The standard InChI is InChI=1S/3C6H8O7.2CH2O3.4Na.2H2O/c3*7-3(8)1-6(13,5(11)12)2-4(9)10;2*2-1(3)4;;;;;;/h3*13H,1-2H2,(H,7,8)(H,9,10)(H,11,12);2*(H2,2,3,4);;;;;2*1H2/q;;;;;4*+1;;/p-4. The first-order valence-corrected chi connectivity index (χ1v) is 10.7. The molecule has 0 aromatic rings. The first-order chi connectivity index (χ1) is 20.8. The van der Waals surface area contributed by atoms with Gasteiger partial charge in [0.05, 0.1) is 25.7 Å². The van der Waals surface area contributed by atoms with Crippen LogP contribution in [0.3, 0.4) is 0 Å². The van der Waals surface area contributed by atoms with Gasteiger partial charge >= 0.3 is 160 Å². The van der Waals surface area contributed by atoms with Crippen LogP contribution in [-0.2, 0) is 43.2 Å². The third-order valence-electron chi connectivity index (χ3n) is 3.84. The number of hydrogen-bond acceptors (Lipinski definition) is 18. The molecule has 0 saturated carbocycles. The van der Waals surface area contributed by atoms with Crippen molar-refractivity contribution in [3.05, 3.63) is 0 Å². The minimum absolute atomic E-state index is 0. The van der Waals surface area contributed by atoms with E-state index in [4.69, 9.17) is 81.1 Å². The number of carboxylic acid groups (broad SMARTS) is 13. The van der Waals surface area contributed by atoms with Gasteiger partial charge in [0.2, 0.25) is 12.3 Å². The summed E-state index contributed by atoms with van der Waals surface area (Å²) in [5.74, 6) is -15.7. The van der Waals surface area contributed by atoms with E-state index in [1.54, 1.807) is 0 Å². The molecule has 33 heteroatoms. The molecule has 0 rings (SSSR count). The van der Waals surface area contributed by atoms with Gasteiger partial charge in [0.25, 0.3) is 0 Å². The van der Waals surface area contributed by atoms with E-state index in [9.17, 15) is 53.4 Å². The van der Waals surface area contributed by atoms with Crippen LogP contribution in [0.2, 0.25) is 0 Å². The summed E-state index contributed by atoms with van der Waals surface area (Å²) in [5, 5.41) is 135. The molecule has 0 aliphatic carbocycles. The van der Waals surface area contributed by atoms with E-state index in [1.165, 1.54) is 0 Å². The van der Waals surface area contributed by atoms with Crippen molar-refractivity contribution in [1.82, 2.24) is 0 Å².